The second kappa shape index (κ2) is 6.54. The fourth-order valence-electron chi connectivity index (χ4n) is 2.78. The van der Waals surface area contributed by atoms with Crippen LogP contribution < -0.4 is 0 Å². The van der Waals surface area contributed by atoms with Crippen LogP contribution in [0.15, 0.2) is 34.8 Å². The zero-order chi connectivity index (χ0) is 16.4. The van der Waals surface area contributed by atoms with Gasteiger partial charge < -0.3 is 10.0 Å². The van der Waals surface area contributed by atoms with Gasteiger partial charge in [-0.2, -0.15) is 5.10 Å². The van der Waals surface area contributed by atoms with Crippen LogP contribution in [0.1, 0.15) is 23.3 Å². The van der Waals surface area contributed by atoms with E-state index in [1.807, 2.05) is 30.3 Å². The summed E-state index contributed by atoms with van der Waals surface area (Å²) in [5.41, 5.74) is 1.92. The van der Waals surface area contributed by atoms with Crippen molar-refractivity contribution in [3.63, 3.8) is 0 Å². The summed E-state index contributed by atoms with van der Waals surface area (Å²) < 4.78 is 0.603. The van der Waals surface area contributed by atoms with Gasteiger partial charge in [0.2, 0.25) is 0 Å². The quantitative estimate of drug-likeness (QED) is 0.860. The van der Waals surface area contributed by atoms with E-state index in [0.29, 0.717) is 35.2 Å². The van der Waals surface area contributed by atoms with Gasteiger partial charge in [0.25, 0.3) is 5.91 Å². The minimum absolute atomic E-state index is 0.225. The molecular weight excluding hydrogens is 362 g/mol. The number of hydrogen-bond acceptors (Lipinski definition) is 3. The Morgan fingerprint density at radius 2 is 2.04 bits per heavy atom. The number of hydrogen-bond donors (Lipinski definition) is 2. The molecule has 1 amide bonds. The lowest BCUT2D eigenvalue weighted by atomic mass is 9.98. The van der Waals surface area contributed by atoms with Gasteiger partial charge in [-0.15, -0.1) is 0 Å². The largest absolute Gasteiger partial charge is 0.481 e. The van der Waals surface area contributed by atoms with E-state index in [2.05, 4.69) is 26.1 Å². The highest BCUT2D eigenvalue weighted by Crippen LogP contribution is 2.30. The van der Waals surface area contributed by atoms with Crippen molar-refractivity contribution in [2.45, 2.75) is 12.8 Å². The third kappa shape index (κ3) is 3.14. The van der Waals surface area contributed by atoms with Crippen molar-refractivity contribution in [3.05, 3.63) is 40.5 Å². The van der Waals surface area contributed by atoms with E-state index < -0.39 is 11.9 Å². The Kier molecular flexibility index (Phi) is 4.47. The van der Waals surface area contributed by atoms with Crippen LogP contribution in [0.4, 0.5) is 0 Å². The lowest BCUT2D eigenvalue weighted by Gasteiger charge is -2.30. The van der Waals surface area contributed by atoms with Gasteiger partial charge in [-0.1, -0.05) is 30.3 Å². The fourth-order valence-corrected chi connectivity index (χ4v) is 3.35. The van der Waals surface area contributed by atoms with Gasteiger partial charge in [-0.25, -0.2) is 0 Å². The first-order valence-electron chi connectivity index (χ1n) is 7.39. The van der Waals surface area contributed by atoms with Crippen LogP contribution >= 0.6 is 15.9 Å². The van der Waals surface area contributed by atoms with Crippen molar-refractivity contribution in [2.75, 3.05) is 13.1 Å². The number of carboxylic acid groups (broad SMARTS) is 1. The number of piperidine rings is 1. The molecule has 1 aliphatic heterocycles. The average Bonchev–Trinajstić information content (AvgIpc) is 2.96. The molecule has 0 unspecified atom stereocenters. The summed E-state index contributed by atoms with van der Waals surface area (Å²) in [5, 5.41) is 16.1. The predicted octanol–water partition coefficient (Wildman–Crippen LogP) is 2.78. The SMILES string of the molecule is O=C(O)[C@H]1CCCN(C(=O)c2[nH]nc(-c3ccccc3)c2Br)C1. The number of carboxylic acids is 1. The predicted molar refractivity (Wildman–Crippen MR) is 88.0 cm³/mol. The van der Waals surface area contributed by atoms with Crippen molar-refractivity contribution in [1.29, 1.82) is 0 Å². The zero-order valence-corrected chi connectivity index (χ0v) is 13.9. The Labute approximate surface area is 141 Å². The molecule has 23 heavy (non-hydrogen) atoms. The van der Waals surface area contributed by atoms with Crippen LogP contribution in [-0.2, 0) is 4.79 Å². The van der Waals surface area contributed by atoms with Crippen LogP contribution in [0.25, 0.3) is 11.3 Å². The molecule has 1 aliphatic rings. The lowest BCUT2D eigenvalue weighted by molar-refractivity contribution is -0.143. The molecule has 0 spiro atoms. The van der Waals surface area contributed by atoms with Gasteiger partial charge in [-0.3, -0.25) is 14.7 Å². The summed E-state index contributed by atoms with van der Waals surface area (Å²) >= 11 is 3.44. The molecule has 6 nitrogen and oxygen atoms in total. The second-order valence-corrected chi connectivity index (χ2v) is 6.35. The van der Waals surface area contributed by atoms with Gasteiger partial charge in [-0.05, 0) is 28.8 Å². The van der Waals surface area contributed by atoms with Crippen molar-refractivity contribution < 1.29 is 14.7 Å². The first-order valence-corrected chi connectivity index (χ1v) is 8.18. The Morgan fingerprint density at radius 3 is 2.74 bits per heavy atom. The van der Waals surface area contributed by atoms with E-state index in [0.717, 1.165) is 5.56 Å². The van der Waals surface area contributed by atoms with Crippen LogP contribution in [0.3, 0.4) is 0 Å². The summed E-state index contributed by atoms with van der Waals surface area (Å²) in [6.07, 6.45) is 1.30. The molecule has 3 rings (SSSR count). The lowest BCUT2D eigenvalue weighted by Crippen LogP contribution is -2.42. The van der Waals surface area contributed by atoms with E-state index in [9.17, 15) is 9.59 Å². The number of nitrogens with one attached hydrogen (secondary N) is 1. The van der Waals surface area contributed by atoms with Gasteiger partial charge in [0.15, 0.2) is 0 Å². The molecule has 1 aromatic heterocycles. The molecule has 0 radical (unpaired) electrons. The summed E-state index contributed by atoms with van der Waals surface area (Å²) in [5.74, 6) is -1.57. The monoisotopic (exact) mass is 377 g/mol. The summed E-state index contributed by atoms with van der Waals surface area (Å²) in [4.78, 5) is 25.4. The summed E-state index contributed by atoms with van der Waals surface area (Å²) in [6.45, 7) is 0.801. The molecule has 2 N–H and O–H groups in total. The van der Waals surface area contributed by atoms with Crippen molar-refractivity contribution >= 4 is 27.8 Å². The van der Waals surface area contributed by atoms with Crippen molar-refractivity contribution in [2.24, 2.45) is 5.92 Å². The van der Waals surface area contributed by atoms with Crippen LogP contribution in [0, 0.1) is 5.92 Å². The zero-order valence-electron chi connectivity index (χ0n) is 12.3. The first kappa shape index (κ1) is 15.7. The third-order valence-electron chi connectivity index (χ3n) is 4.03. The van der Waals surface area contributed by atoms with Gasteiger partial charge in [0, 0.05) is 18.7 Å². The summed E-state index contributed by atoms with van der Waals surface area (Å²) in [7, 11) is 0. The number of rotatable bonds is 3. The molecule has 2 heterocycles. The molecule has 7 heteroatoms. The number of nitrogens with zero attached hydrogens (tertiary/aromatic N) is 2. The van der Waals surface area contributed by atoms with Gasteiger partial charge in [0.05, 0.1) is 10.4 Å². The Bertz CT molecular complexity index is 729. The third-order valence-corrected chi connectivity index (χ3v) is 4.80. The van der Waals surface area contributed by atoms with E-state index in [1.54, 1.807) is 4.90 Å². The molecule has 120 valence electrons. The maximum atomic E-state index is 12.7. The van der Waals surface area contributed by atoms with Crippen LogP contribution in [-0.4, -0.2) is 45.2 Å². The number of aromatic nitrogens is 2. The van der Waals surface area contributed by atoms with E-state index in [1.165, 1.54) is 0 Å². The van der Waals surface area contributed by atoms with E-state index in [4.69, 9.17) is 5.11 Å². The van der Waals surface area contributed by atoms with E-state index in [-0.39, 0.29) is 12.5 Å². The molecule has 1 saturated heterocycles. The maximum Gasteiger partial charge on any atom is 0.308 e. The molecular formula is C16H16BrN3O3. The highest BCUT2D eigenvalue weighted by Gasteiger charge is 2.30. The average molecular weight is 378 g/mol. The summed E-state index contributed by atoms with van der Waals surface area (Å²) in [6, 6.07) is 9.54. The van der Waals surface area contributed by atoms with Crippen molar-refractivity contribution in [1.82, 2.24) is 15.1 Å². The molecule has 0 bridgehead atoms. The molecule has 1 fully saturated rings. The Balaban J connectivity index is 1.83. The number of halogens is 1. The molecule has 2 aromatic rings. The van der Waals surface area contributed by atoms with Gasteiger partial charge in [0.1, 0.15) is 11.4 Å². The number of H-pyrrole nitrogens is 1. The molecule has 0 aliphatic carbocycles. The maximum absolute atomic E-state index is 12.7. The van der Waals surface area contributed by atoms with Crippen LogP contribution in [0.5, 0.6) is 0 Å². The number of likely N-dealkylation sites (tertiary alicyclic amines) is 1. The molecule has 1 aromatic carbocycles. The first-order chi connectivity index (χ1) is 11.1. The molecule has 1 atom stereocenters. The fraction of sp³-hybridized carbons (Fsp3) is 0.312. The normalized spacial score (nSPS) is 18.0. The number of aromatic amines is 1. The smallest absolute Gasteiger partial charge is 0.308 e. The number of benzene rings is 1. The number of carbonyl (C=O) groups excluding carboxylic acids is 1. The minimum Gasteiger partial charge on any atom is -0.481 e. The minimum atomic E-state index is -0.851. The highest BCUT2D eigenvalue weighted by atomic mass is 79.9. The van der Waals surface area contributed by atoms with Gasteiger partial charge >= 0.3 is 5.97 Å². The molecule has 0 saturated carbocycles. The van der Waals surface area contributed by atoms with E-state index >= 15 is 0 Å². The number of amides is 1. The second-order valence-electron chi connectivity index (χ2n) is 5.56. The number of carbonyl (C=O) groups is 2. The highest BCUT2D eigenvalue weighted by molar-refractivity contribution is 9.10. The van der Waals surface area contributed by atoms with Crippen molar-refractivity contribution in [3.8, 4) is 11.3 Å². The Hall–Kier alpha value is -2.15. The topological polar surface area (TPSA) is 86.3 Å². The number of aliphatic carboxylic acids is 1. The van der Waals surface area contributed by atoms with Crippen LogP contribution in [0.2, 0.25) is 0 Å². The standard InChI is InChI=1S/C16H16BrN3O3/c17-12-13(10-5-2-1-3-6-10)18-19-14(12)15(21)20-8-4-7-11(9-20)16(22)23/h1-3,5-6,11H,4,7-9H2,(H,18,19)(H,22,23)/t11-/m0/s1. The Morgan fingerprint density at radius 1 is 1.30 bits per heavy atom.